The van der Waals surface area contributed by atoms with Crippen molar-refractivity contribution >= 4 is 39.9 Å². The Morgan fingerprint density at radius 1 is 1.40 bits per heavy atom. The van der Waals surface area contributed by atoms with Crippen LogP contribution in [0, 0.1) is 0 Å². The van der Waals surface area contributed by atoms with Crippen LogP contribution < -0.4 is 0 Å². The highest BCUT2D eigenvalue weighted by Crippen LogP contribution is 2.24. The largest absolute Gasteiger partial charge is 0.303 e. The fourth-order valence-corrected chi connectivity index (χ4v) is 2.42. The number of rotatable bonds is 4. The molecule has 0 saturated carbocycles. The molecule has 2 rings (SSSR count). The summed E-state index contributed by atoms with van der Waals surface area (Å²) in [6.45, 7) is 0. The van der Waals surface area contributed by atoms with Crippen molar-refractivity contribution in [1.29, 1.82) is 0 Å². The number of aldehydes is 1. The lowest BCUT2D eigenvalue weighted by molar-refractivity contribution is -0.107. The Hall–Kier alpha value is -1.08. The zero-order chi connectivity index (χ0) is 10.7. The first-order chi connectivity index (χ1) is 7.33. The van der Waals surface area contributed by atoms with E-state index in [4.69, 9.17) is 0 Å². The second-order valence-corrected chi connectivity index (χ2v) is 4.78. The van der Waals surface area contributed by atoms with E-state index in [1.165, 1.54) is 11.3 Å². The van der Waals surface area contributed by atoms with Crippen molar-refractivity contribution in [1.82, 2.24) is 20.2 Å². The van der Waals surface area contributed by atoms with Crippen LogP contribution in [0.4, 0.5) is 0 Å². The molecule has 0 aliphatic rings. The first kappa shape index (κ1) is 10.4. The molecular weight excluding hydrogens is 232 g/mol. The Balaban J connectivity index is 2.32. The van der Waals surface area contributed by atoms with Gasteiger partial charge in [0.05, 0.1) is 0 Å². The molecule has 15 heavy (non-hydrogen) atoms. The van der Waals surface area contributed by atoms with E-state index in [2.05, 4.69) is 20.2 Å². The maximum absolute atomic E-state index is 10.2. The fourth-order valence-electron chi connectivity index (χ4n) is 1.05. The van der Waals surface area contributed by atoms with Crippen LogP contribution in [0.2, 0.25) is 0 Å². The van der Waals surface area contributed by atoms with Crippen molar-refractivity contribution < 1.29 is 4.79 Å². The molecule has 2 aromatic rings. The van der Waals surface area contributed by atoms with E-state index in [9.17, 15) is 4.79 Å². The van der Waals surface area contributed by atoms with Crippen LogP contribution in [0.1, 0.15) is 12.2 Å². The Bertz CT molecular complexity index is 484. The first-order valence-electron chi connectivity index (χ1n) is 4.31. The van der Waals surface area contributed by atoms with Crippen LogP contribution in [0.5, 0.6) is 0 Å². The monoisotopic (exact) mass is 240 g/mol. The third-order valence-corrected chi connectivity index (χ3v) is 3.65. The van der Waals surface area contributed by atoms with Crippen molar-refractivity contribution in [3.05, 3.63) is 5.82 Å². The van der Waals surface area contributed by atoms with Crippen LogP contribution in [0.15, 0.2) is 4.34 Å². The summed E-state index contributed by atoms with van der Waals surface area (Å²) in [5.41, 5.74) is 0.583. The van der Waals surface area contributed by atoms with Gasteiger partial charge in [-0.25, -0.2) is 9.97 Å². The minimum absolute atomic E-state index is 0.432. The maximum atomic E-state index is 10.2. The summed E-state index contributed by atoms with van der Waals surface area (Å²) < 4.78 is 0.930. The lowest BCUT2D eigenvalue weighted by Crippen LogP contribution is -1.97. The van der Waals surface area contributed by atoms with Gasteiger partial charge >= 0.3 is 0 Å². The standard InChI is InChI=1S/C8H8N4OS2/c1-14-8-10-6-7(15-8)9-5(11-12-6)3-2-4-13/h4H,2-3H2,1H3. The topological polar surface area (TPSA) is 68.6 Å². The fraction of sp³-hybridized carbons (Fsp3) is 0.375. The summed E-state index contributed by atoms with van der Waals surface area (Å²) in [7, 11) is 0. The summed E-state index contributed by atoms with van der Waals surface area (Å²) in [6, 6.07) is 0. The van der Waals surface area contributed by atoms with Gasteiger partial charge in [-0.3, -0.25) is 0 Å². The van der Waals surface area contributed by atoms with E-state index in [1.807, 2.05) is 6.26 Å². The number of aromatic nitrogens is 4. The number of hydrogen-bond acceptors (Lipinski definition) is 7. The van der Waals surface area contributed by atoms with Crippen LogP contribution in [-0.4, -0.2) is 32.7 Å². The number of carbonyl (C=O) groups is 1. The number of thioether (sulfide) groups is 1. The molecule has 0 radical (unpaired) electrons. The zero-order valence-corrected chi connectivity index (χ0v) is 9.64. The quantitative estimate of drug-likeness (QED) is 0.593. The van der Waals surface area contributed by atoms with Gasteiger partial charge in [-0.15, -0.1) is 10.2 Å². The summed E-state index contributed by atoms with van der Waals surface area (Å²) in [5.74, 6) is 0.603. The highest BCUT2D eigenvalue weighted by Gasteiger charge is 2.07. The lowest BCUT2D eigenvalue weighted by Gasteiger charge is -1.92. The van der Waals surface area contributed by atoms with E-state index in [0.29, 0.717) is 24.3 Å². The van der Waals surface area contributed by atoms with Gasteiger partial charge in [0.1, 0.15) is 6.29 Å². The van der Waals surface area contributed by atoms with Gasteiger partial charge in [-0.05, 0) is 6.26 Å². The molecule has 5 nitrogen and oxygen atoms in total. The van der Waals surface area contributed by atoms with Crippen molar-refractivity contribution in [2.24, 2.45) is 0 Å². The van der Waals surface area contributed by atoms with Crippen LogP contribution >= 0.6 is 23.1 Å². The summed E-state index contributed by atoms with van der Waals surface area (Å²) in [5, 5.41) is 7.87. The predicted octanol–water partition coefficient (Wildman–Crippen LogP) is 1.33. The normalized spacial score (nSPS) is 10.7. The Kier molecular flexibility index (Phi) is 3.22. The molecule has 0 atom stereocenters. The zero-order valence-electron chi connectivity index (χ0n) is 8.01. The van der Waals surface area contributed by atoms with Gasteiger partial charge in [0.2, 0.25) is 5.65 Å². The van der Waals surface area contributed by atoms with Crippen molar-refractivity contribution in [2.75, 3.05) is 6.26 Å². The molecule has 0 fully saturated rings. The van der Waals surface area contributed by atoms with Crippen molar-refractivity contribution in [2.45, 2.75) is 17.2 Å². The number of hydrogen-bond donors (Lipinski definition) is 0. The van der Waals surface area contributed by atoms with Gasteiger partial charge in [0.25, 0.3) is 0 Å². The summed E-state index contributed by atoms with van der Waals surface area (Å²) >= 11 is 3.06. The van der Waals surface area contributed by atoms with Crippen LogP contribution in [0.3, 0.4) is 0 Å². The molecule has 78 valence electrons. The van der Waals surface area contributed by atoms with Crippen LogP contribution in [-0.2, 0) is 11.2 Å². The molecule has 2 aromatic heterocycles. The molecule has 0 aliphatic heterocycles. The van der Waals surface area contributed by atoms with E-state index in [0.717, 1.165) is 15.5 Å². The second-order valence-electron chi connectivity index (χ2n) is 2.75. The van der Waals surface area contributed by atoms with Crippen LogP contribution in [0.25, 0.3) is 10.5 Å². The Morgan fingerprint density at radius 3 is 3.00 bits per heavy atom. The Morgan fingerprint density at radius 2 is 2.27 bits per heavy atom. The molecule has 0 saturated heterocycles. The molecule has 0 aliphatic carbocycles. The maximum Gasteiger partial charge on any atom is 0.212 e. The molecule has 2 heterocycles. The lowest BCUT2D eigenvalue weighted by atomic mass is 10.3. The third kappa shape index (κ3) is 2.29. The molecule has 0 spiro atoms. The third-order valence-electron chi connectivity index (χ3n) is 1.72. The van der Waals surface area contributed by atoms with E-state index in [-0.39, 0.29) is 0 Å². The molecule has 7 heteroatoms. The number of aryl methyl sites for hydroxylation is 1. The Labute approximate surface area is 94.3 Å². The summed E-state index contributed by atoms with van der Waals surface area (Å²) in [4.78, 5) is 19.5. The highest BCUT2D eigenvalue weighted by atomic mass is 32.2. The minimum Gasteiger partial charge on any atom is -0.303 e. The van der Waals surface area contributed by atoms with Gasteiger partial charge in [-0.1, -0.05) is 23.1 Å². The van der Waals surface area contributed by atoms with Gasteiger partial charge in [0, 0.05) is 12.8 Å². The first-order valence-corrected chi connectivity index (χ1v) is 6.35. The number of carbonyl (C=O) groups excluding carboxylic acids is 1. The van der Waals surface area contributed by atoms with E-state index >= 15 is 0 Å². The van der Waals surface area contributed by atoms with Gasteiger partial charge in [0.15, 0.2) is 15.0 Å². The minimum atomic E-state index is 0.432. The number of fused-ring (bicyclic) bond motifs is 1. The van der Waals surface area contributed by atoms with Crippen molar-refractivity contribution in [3.8, 4) is 0 Å². The SMILES string of the molecule is CSc1nc2nnc(CCC=O)nc2s1. The van der Waals surface area contributed by atoms with E-state index < -0.39 is 0 Å². The summed E-state index contributed by atoms with van der Waals surface area (Å²) in [6.07, 6.45) is 3.78. The average molecular weight is 240 g/mol. The van der Waals surface area contributed by atoms with Gasteiger partial charge < -0.3 is 4.79 Å². The molecule has 0 amide bonds. The molecule has 0 aromatic carbocycles. The number of nitrogens with zero attached hydrogens (tertiary/aromatic N) is 4. The van der Waals surface area contributed by atoms with E-state index in [1.54, 1.807) is 11.8 Å². The predicted molar refractivity (Wildman–Crippen MR) is 59.2 cm³/mol. The number of thiazole rings is 1. The molecular formula is C8H8N4OS2. The van der Waals surface area contributed by atoms with Gasteiger partial charge in [-0.2, -0.15) is 0 Å². The highest BCUT2D eigenvalue weighted by molar-refractivity contribution is 8.00. The second kappa shape index (κ2) is 4.63. The average Bonchev–Trinajstić information content (AvgIpc) is 2.68. The molecule has 0 bridgehead atoms. The molecule has 0 N–H and O–H groups in total. The molecule has 0 unspecified atom stereocenters. The smallest absolute Gasteiger partial charge is 0.212 e. The van der Waals surface area contributed by atoms with Crippen molar-refractivity contribution in [3.63, 3.8) is 0 Å².